The van der Waals surface area contributed by atoms with Crippen molar-refractivity contribution in [3.8, 4) is 0 Å². The van der Waals surface area contributed by atoms with Gasteiger partial charge in [0, 0.05) is 6.54 Å². The largest absolute Gasteiger partial charge is 0.478 e. The van der Waals surface area contributed by atoms with E-state index in [1.54, 1.807) is 12.1 Å². The Hall–Kier alpha value is -1.84. The predicted molar refractivity (Wildman–Crippen MR) is 75.4 cm³/mol. The molecule has 0 aliphatic carbocycles. The van der Waals surface area contributed by atoms with E-state index in [-0.39, 0.29) is 5.56 Å². The number of aromatic carboxylic acids is 1. The minimum Gasteiger partial charge on any atom is -0.478 e. The number of aryl methyl sites for hydroxylation is 1. The first-order valence-electron chi connectivity index (χ1n) is 6.60. The minimum absolute atomic E-state index is 0.286. The van der Waals surface area contributed by atoms with Crippen LogP contribution in [0, 0.1) is 18.8 Å². The molecule has 1 atom stereocenters. The van der Waals surface area contributed by atoms with Crippen LogP contribution >= 0.6 is 0 Å². The summed E-state index contributed by atoms with van der Waals surface area (Å²) < 4.78 is 2.17. The molecular weight excluding hydrogens is 240 g/mol. The van der Waals surface area contributed by atoms with Gasteiger partial charge in [-0.2, -0.15) is 0 Å². The molecule has 1 aromatic carbocycles. The van der Waals surface area contributed by atoms with Crippen molar-refractivity contribution >= 4 is 17.0 Å². The van der Waals surface area contributed by atoms with Gasteiger partial charge >= 0.3 is 5.97 Å². The van der Waals surface area contributed by atoms with E-state index in [0.717, 1.165) is 23.4 Å². The molecule has 102 valence electrons. The third kappa shape index (κ3) is 2.62. The van der Waals surface area contributed by atoms with Crippen LogP contribution in [0.2, 0.25) is 0 Å². The number of carbonyl (C=O) groups is 1. The summed E-state index contributed by atoms with van der Waals surface area (Å²) in [6.07, 6.45) is 0. The quantitative estimate of drug-likeness (QED) is 0.917. The molecule has 0 saturated carbocycles. The number of nitrogens with zero attached hydrogens (tertiary/aromatic N) is 2. The highest BCUT2D eigenvalue weighted by Gasteiger charge is 2.14. The van der Waals surface area contributed by atoms with Crippen LogP contribution in [0.25, 0.3) is 11.0 Å². The van der Waals surface area contributed by atoms with Crippen LogP contribution in [0.5, 0.6) is 0 Å². The Morgan fingerprint density at radius 2 is 2.05 bits per heavy atom. The first-order valence-corrected chi connectivity index (χ1v) is 6.60. The second-order valence-corrected chi connectivity index (χ2v) is 5.50. The molecule has 0 aliphatic rings. The highest BCUT2D eigenvalue weighted by molar-refractivity contribution is 5.92. The molecule has 0 amide bonds. The maximum absolute atomic E-state index is 11.0. The molecular formula is C15H20N2O2. The molecule has 2 aromatic rings. The van der Waals surface area contributed by atoms with Gasteiger partial charge in [-0.25, -0.2) is 9.78 Å². The van der Waals surface area contributed by atoms with E-state index in [4.69, 9.17) is 5.11 Å². The average molecular weight is 260 g/mol. The van der Waals surface area contributed by atoms with Gasteiger partial charge in [0.2, 0.25) is 0 Å². The van der Waals surface area contributed by atoms with Gasteiger partial charge in [0.15, 0.2) is 0 Å². The molecule has 1 heterocycles. The predicted octanol–water partition coefficient (Wildman–Crippen LogP) is 3.34. The van der Waals surface area contributed by atoms with Crippen molar-refractivity contribution < 1.29 is 9.90 Å². The van der Waals surface area contributed by atoms with Crippen molar-refractivity contribution in [3.05, 3.63) is 29.6 Å². The van der Waals surface area contributed by atoms with Gasteiger partial charge < -0.3 is 9.67 Å². The van der Waals surface area contributed by atoms with E-state index in [1.807, 2.05) is 13.0 Å². The SMILES string of the molecule is Cc1nc2cc(C(=O)O)ccc2n1CC(C)C(C)C. The van der Waals surface area contributed by atoms with Gasteiger partial charge in [0.25, 0.3) is 0 Å². The summed E-state index contributed by atoms with van der Waals surface area (Å²) in [6.45, 7) is 9.52. The van der Waals surface area contributed by atoms with E-state index < -0.39 is 5.97 Å². The Balaban J connectivity index is 2.45. The molecule has 0 saturated heterocycles. The molecule has 4 heteroatoms. The summed E-state index contributed by atoms with van der Waals surface area (Å²) in [7, 11) is 0. The summed E-state index contributed by atoms with van der Waals surface area (Å²) in [5, 5.41) is 9.00. The second-order valence-electron chi connectivity index (χ2n) is 5.50. The molecule has 0 bridgehead atoms. The average Bonchev–Trinajstić information content (AvgIpc) is 2.64. The molecule has 0 fully saturated rings. The normalized spacial score (nSPS) is 13.1. The molecule has 1 N–H and O–H groups in total. The zero-order valence-electron chi connectivity index (χ0n) is 11.8. The molecule has 2 rings (SSSR count). The zero-order chi connectivity index (χ0) is 14.2. The molecule has 0 aliphatic heterocycles. The van der Waals surface area contributed by atoms with E-state index in [2.05, 4.69) is 30.3 Å². The van der Waals surface area contributed by atoms with Gasteiger partial charge in [-0.3, -0.25) is 0 Å². The third-order valence-corrected chi connectivity index (χ3v) is 3.79. The van der Waals surface area contributed by atoms with Crippen molar-refractivity contribution in [1.29, 1.82) is 0 Å². The Morgan fingerprint density at radius 1 is 1.37 bits per heavy atom. The standard InChI is InChI=1S/C15H20N2O2/c1-9(2)10(3)8-17-11(4)16-13-7-12(15(18)19)5-6-14(13)17/h5-7,9-10H,8H2,1-4H3,(H,18,19). The number of imidazole rings is 1. The topological polar surface area (TPSA) is 55.1 Å². The number of hydrogen-bond acceptors (Lipinski definition) is 2. The van der Waals surface area contributed by atoms with Crippen molar-refractivity contribution in [2.45, 2.75) is 34.2 Å². The molecule has 1 unspecified atom stereocenters. The van der Waals surface area contributed by atoms with Gasteiger partial charge in [0.05, 0.1) is 16.6 Å². The summed E-state index contributed by atoms with van der Waals surface area (Å²) in [6, 6.07) is 5.13. The van der Waals surface area contributed by atoms with Crippen LogP contribution in [0.15, 0.2) is 18.2 Å². The molecule has 0 spiro atoms. The van der Waals surface area contributed by atoms with Gasteiger partial charge in [0.1, 0.15) is 5.82 Å². The van der Waals surface area contributed by atoms with Crippen LogP contribution in [-0.4, -0.2) is 20.6 Å². The Kier molecular flexibility index (Phi) is 3.60. The fourth-order valence-corrected chi connectivity index (χ4v) is 2.11. The van der Waals surface area contributed by atoms with Gasteiger partial charge in [-0.15, -0.1) is 0 Å². The number of hydrogen-bond donors (Lipinski definition) is 1. The van der Waals surface area contributed by atoms with Crippen molar-refractivity contribution in [2.75, 3.05) is 0 Å². The summed E-state index contributed by atoms with van der Waals surface area (Å²) in [4.78, 5) is 15.4. The summed E-state index contributed by atoms with van der Waals surface area (Å²) in [5.74, 6) is 1.18. The van der Waals surface area contributed by atoms with E-state index >= 15 is 0 Å². The van der Waals surface area contributed by atoms with Gasteiger partial charge in [-0.05, 0) is 37.0 Å². The fraction of sp³-hybridized carbons (Fsp3) is 0.467. The minimum atomic E-state index is -0.912. The smallest absolute Gasteiger partial charge is 0.335 e. The summed E-state index contributed by atoms with van der Waals surface area (Å²) in [5.41, 5.74) is 2.05. The van der Waals surface area contributed by atoms with Crippen LogP contribution in [0.4, 0.5) is 0 Å². The van der Waals surface area contributed by atoms with E-state index in [0.29, 0.717) is 11.8 Å². The number of benzene rings is 1. The van der Waals surface area contributed by atoms with Crippen LogP contribution in [0.1, 0.15) is 37.0 Å². The highest BCUT2D eigenvalue weighted by Crippen LogP contribution is 2.21. The second kappa shape index (κ2) is 5.03. The number of rotatable bonds is 4. The van der Waals surface area contributed by atoms with Crippen LogP contribution in [0.3, 0.4) is 0 Å². The lowest BCUT2D eigenvalue weighted by Crippen LogP contribution is -2.14. The van der Waals surface area contributed by atoms with Crippen molar-refractivity contribution in [2.24, 2.45) is 11.8 Å². The molecule has 19 heavy (non-hydrogen) atoms. The molecule has 0 radical (unpaired) electrons. The lowest BCUT2D eigenvalue weighted by Gasteiger charge is -2.17. The Bertz CT molecular complexity index is 614. The maximum Gasteiger partial charge on any atom is 0.335 e. The number of carboxylic acid groups (broad SMARTS) is 1. The number of aromatic nitrogens is 2. The maximum atomic E-state index is 11.0. The third-order valence-electron chi connectivity index (χ3n) is 3.79. The lowest BCUT2D eigenvalue weighted by atomic mass is 9.98. The van der Waals surface area contributed by atoms with Crippen molar-refractivity contribution in [1.82, 2.24) is 9.55 Å². The zero-order valence-corrected chi connectivity index (χ0v) is 11.8. The lowest BCUT2D eigenvalue weighted by molar-refractivity contribution is 0.0697. The molecule has 1 aromatic heterocycles. The highest BCUT2D eigenvalue weighted by atomic mass is 16.4. The number of fused-ring (bicyclic) bond motifs is 1. The van der Waals surface area contributed by atoms with Crippen LogP contribution < -0.4 is 0 Å². The number of carboxylic acids is 1. The Labute approximate surface area is 113 Å². The first-order chi connectivity index (χ1) is 8.90. The van der Waals surface area contributed by atoms with Gasteiger partial charge in [-0.1, -0.05) is 20.8 Å². The van der Waals surface area contributed by atoms with Crippen LogP contribution in [-0.2, 0) is 6.54 Å². The first kappa shape index (κ1) is 13.6. The monoisotopic (exact) mass is 260 g/mol. The Morgan fingerprint density at radius 3 is 2.63 bits per heavy atom. The summed E-state index contributed by atoms with van der Waals surface area (Å²) >= 11 is 0. The van der Waals surface area contributed by atoms with E-state index in [9.17, 15) is 4.79 Å². The van der Waals surface area contributed by atoms with E-state index in [1.165, 1.54) is 0 Å². The fourth-order valence-electron chi connectivity index (χ4n) is 2.11. The molecule has 4 nitrogen and oxygen atoms in total. The van der Waals surface area contributed by atoms with Crippen molar-refractivity contribution in [3.63, 3.8) is 0 Å².